The van der Waals surface area contributed by atoms with Crippen LogP contribution in [0, 0.1) is 5.82 Å². The number of nitrogens with one attached hydrogen (secondary N) is 1. The van der Waals surface area contributed by atoms with Gasteiger partial charge in [-0.25, -0.2) is 9.07 Å². The van der Waals surface area contributed by atoms with Crippen LogP contribution in [0.25, 0.3) is 16.6 Å². The Bertz CT molecular complexity index is 1310. The zero-order chi connectivity index (χ0) is 24.5. The Morgan fingerprint density at radius 2 is 1.71 bits per heavy atom. The van der Waals surface area contributed by atoms with Crippen LogP contribution in [-0.4, -0.2) is 27.9 Å². The van der Waals surface area contributed by atoms with Crippen molar-refractivity contribution in [1.82, 2.24) is 15.1 Å². The van der Waals surface area contributed by atoms with E-state index in [9.17, 15) is 22.4 Å². The van der Waals surface area contributed by atoms with Gasteiger partial charge < -0.3 is 10.1 Å². The smallest absolute Gasteiger partial charge is 0.471 e. The Labute approximate surface area is 204 Å². The molecule has 0 radical (unpaired) electrons. The molecular weight excluding hydrogens is 486 g/mol. The molecule has 184 valence electrons. The number of nitrogens with zero attached hydrogens (tertiary/aromatic N) is 2. The summed E-state index contributed by atoms with van der Waals surface area (Å²) in [5, 5.41) is 7.42. The number of carbonyl (C=O) groups is 1. The first-order chi connectivity index (χ1) is 16.1. The molecular formula is C25H22ClF4N3O2. The second-order valence-electron chi connectivity index (χ2n) is 7.60. The summed E-state index contributed by atoms with van der Waals surface area (Å²) < 4.78 is 59.3. The van der Waals surface area contributed by atoms with E-state index in [-0.39, 0.29) is 13.2 Å². The van der Waals surface area contributed by atoms with Crippen LogP contribution in [0.15, 0.2) is 72.9 Å². The molecule has 1 heterocycles. The molecule has 0 fully saturated rings. The lowest BCUT2D eigenvalue weighted by Gasteiger charge is -2.27. The van der Waals surface area contributed by atoms with Crippen LogP contribution in [0.2, 0.25) is 5.02 Å². The minimum absolute atomic E-state index is 0. The Balaban J connectivity index is 0.00000342. The van der Waals surface area contributed by atoms with Crippen molar-refractivity contribution >= 4 is 28.4 Å². The number of alkyl halides is 3. The number of fused-ring (bicyclic) bond motifs is 1. The van der Waals surface area contributed by atoms with Crippen molar-refractivity contribution in [3.05, 3.63) is 89.3 Å². The van der Waals surface area contributed by atoms with Gasteiger partial charge in [0.25, 0.3) is 0 Å². The number of ether oxygens (including phenoxy) is 1. The first-order valence-electron chi connectivity index (χ1n) is 10.2. The average molecular weight is 508 g/mol. The molecule has 1 amide bonds. The van der Waals surface area contributed by atoms with Crippen LogP contribution < -0.4 is 10.1 Å². The topological polar surface area (TPSA) is 56.1 Å². The van der Waals surface area contributed by atoms with Gasteiger partial charge in [-0.3, -0.25) is 4.79 Å². The fourth-order valence-corrected chi connectivity index (χ4v) is 3.62. The maximum atomic E-state index is 13.2. The summed E-state index contributed by atoms with van der Waals surface area (Å²) in [5.74, 6) is -2.06. The number of halogens is 5. The van der Waals surface area contributed by atoms with Crippen molar-refractivity contribution in [2.75, 3.05) is 0 Å². The Morgan fingerprint density at radius 3 is 2.34 bits per heavy atom. The van der Waals surface area contributed by atoms with E-state index in [0.29, 0.717) is 27.4 Å². The SMILES string of the molecule is C.C[C@H](NC(=O)C(F)(F)F)[C@H](Oc1ccc2c(cnn2-c2ccc(F)cc2)c1)c1ccc(Cl)cc1. The lowest BCUT2D eigenvalue weighted by molar-refractivity contribution is -0.174. The maximum Gasteiger partial charge on any atom is 0.471 e. The molecule has 10 heteroatoms. The van der Waals surface area contributed by atoms with Crippen molar-refractivity contribution in [2.45, 2.75) is 32.7 Å². The third-order valence-electron chi connectivity index (χ3n) is 5.14. The van der Waals surface area contributed by atoms with E-state index in [1.165, 1.54) is 19.1 Å². The van der Waals surface area contributed by atoms with Crippen LogP contribution in [0.3, 0.4) is 0 Å². The average Bonchev–Trinajstić information content (AvgIpc) is 3.21. The summed E-state index contributed by atoms with van der Waals surface area (Å²) in [4.78, 5) is 11.5. The number of aromatic nitrogens is 2. The monoisotopic (exact) mass is 507 g/mol. The summed E-state index contributed by atoms with van der Waals surface area (Å²) in [7, 11) is 0. The third kappa shape index (κ3) is 5.92. The second-order valence-corrected chi connectivity index (χ2v) is 8.04. The highest BCUT2D eigenvalue weighted by Gasteiger charge is 2.40. The van der Waals surface area contributed by atoms with E-state index in [1.54, 1.807) is 65.5 Å². The quantitative estimate of drug-likeness (QED) is 0.298. The highest BCUT2D eigenvalue weighted by Crippen LogP contribution is 2.30. The Kier molecular flexibility index (Phi) is 7.70. The van der Waals surface area contributed by atoms with E-state index >= 15 is 0 Å². The third-order valence-corrected chi connectivity index (χ3v) is 5.39. The lowest BCUT2D eigenvalue weighted by Crippen LogP contribution is -2.45. The maximum absolute atomic E-state index is 13.2. The summed E-state index contributed by atoms with van der Waals surface area (Å²) in [6.45, 7) is 1.42. The van der Waals surface area contributed by atoms with Gasteiger partial charge in [-0.2, -0.15) is 18.3 Å². The molecule has 4 rings (SSSR count). The van der Waals surface area contributed by atoms with Crippen LogP contribution >= 0.6 is 11.6 Å². The molecule has 0 bridgehead atoms. The second kappa shape index (κ2) is 10.4. The number of carbonyl (C=O) groups excluding carboxylic acids is 1. The van der Waals surface area contributed by atoms with E-state index in [0.717, 1.165) is 5.52 Å². The first-order valence-corrected chi connectivity index (χ1v) is 10.5. The van der Waals surface area contributed by atoms with Gasteiger partial charge in [0, 0.05) is 10.4 Å². The van der Waals surface area contributed by atoms with E-state index in [2.05, 4.69) is 5.10 Å². The van der Waals surface area contributed by atoms with Crippen molar-refractivity contribution in [3.8, 4) is 11.4 Å². The summed E-state index contributed by atoms with van der Waals surface area (Å²) in [5.41, 5.74) is 1.91. The van der Waals surface area contributed by atoms with Gasteiger partial charge >= 0.3 is 12.1 Å². The molecule has 4 aromatic rings. The van der Waals surface area contributed by atoms with Crippen LogP contribution in [0.4, 0.5) is 17.6 Å². The van der Waals surface area contributed by atoms with Crippen molar-refractivity contribution in [2.24, 2.45) is 0 Å². The fourth-order valence-electron chi connectivity index (χ4n) is 3.49. The van der Waals surface area contributed by atoms with Crippen molar-refractivity contribution in [1.29, 1.82) is 0 Å². The number of benzene rings is 3. The van der Waals surface area contributed by atoms with Gasteiger partial charge in [-0.1, -0.05) is 31.2 Å². The summed E-state index contributed by atoms with van der Waals surface area (Å²) >= 11 is 5.94. The van der Waals surface area contributed by atoms with E-state index < -0.39 is 24.2 Å². The Morgan fingerprint density at radius 1 is 1.06 bits per heavy atom. The zero-order valence-corrected chi connectivity index (χ0v) is 18.4. The molecule has 0 aliphatic heterocycles. The van der Waals surface area contributed by atoms with Crippen LogP contribution in [0.5, 0.6) is 5.75 Å². The van der Waals surface area contributed by atoms with Gasteiger partial charge in [0.15, 0.2) is 0 Å². The summed E-state index contributed by atoms with van der Waals surface area (Å²) in [6.07, 6.45) is -4.36. The molecule has 0 spiro atoms. The van der Waals surface area contributed by atoms with Crippen molar-refractivity contribution in [3.63, 3.8) is 0 Å². The predicted octanol–water partition coefficient (Wildman–Crippen LogP) is 6.64. The molecule has 1 aromatic heterocycles. The van der Waals surface area contributed by atoms with Gasteiger partial charge in [0.2, 0.25) is 0 Å². The van der Waals surface area contributed by atoms with Gasteiger partial charge in [-0.15, -0.1) is 0 Å². The van der Waals surface area contributed by atoms with Gasteiger partial charge in [-0.05, 0) is 67.1 Å². The standard InChI is InChI=1S/C24H18ClF4N3O2.CH4/c1-14(31-23(33)24(27,28)29)22(15-2-4-17(25)5-3-15)34-20-10-11-21-16(12-20)13-30-32(21)19-8-6-18(26)7-9-19;/h2-14,22H,1H3,(H,31,33);1H4/t14-,22-;/m0./s1. The minimum Gasteiger partial charge on any atom is -0.484 e. The number of hydrogen-bond donors (Lipinski definition) is 1. The summed E-state index contributed by atoms with van der Waals surface area (Å²) in [6, 6.07) is 16.3. The van der Waals surface area contributed by atoms with Gasteiger partial charge in [0.1, 0.15) is 17.7 Å². The minimum atomic E-state index is -5.02. The molecule has 1 N–H and O–H groups in total. The van der Waals surface area contributed by atoms with Crippen LogP contribution in [0.1, 0.15) is 26.0 Å². The normalized spacial score (nSPS) is 13.1. The predicted molar refractivity (Wildman–Crippen MR) is 126 cm³/mol. The van der Waals surface area contributed by atoms with Crippen LogP contribution in [-0.2, 0) is 4.79 Å². The Hall–Kier alpha value is -3.59. The van der Waals surface area contributed by atoms with E-state index in [4.69, 9.17) is 16.3 Å². The first kappa shape index (κ1) is 26.0. The van der Waals surface area contributed by atoms with E-state index in [1.807, 2.05) is 5.32 Å². The number of amides is 1. The highest BCUT2D eigenvalue weighted by atomic mass is 35.5. The molecule has 2 atom stereocenters. The molecule has 0 saturated carbocycles. The highest BCUT2D eigenvalue weighted by molar-refractivity contribution is 6.30. The molecule has 5 nitrogen and oxygen atoms in total. The molecule has 0 unspecified atom stereocenters. The number of rotatable bonds is 6. The molecule has 0 aliphatic carbocycles. The fraction of sp³-hybridized carbons (Fsp3) is 0.200. The van der Waals surface area contributed by atoms with Gasteiger partial charge in [0.05, 0.1) is 23.4 Å². The molecule has 35 heavy (non-hydrogen) atoms. The lowest BCUT2D eigenvalue weighted by atomic mass is 10.0. The zero-order valence-electron chi connectivity index (χ0n) is 17.7. The number of hydrogen-bond acceptors (Lipinski definition) is 3. The largest absolute Gasteiger partial charge is 0.484 e. The molecule has 0 aliphatic rings. The molecule has 3 aromatic carbocycles. The van der Waals surface area contributed by atoms with Crippen molar-refractivity contribution < 1.29 is 27.1 Å². The molecule has 0 saturated heterocycles.